The fraction of sp³-hybridized carbons (Fsp3) is 0.714. The number of amides is 1. The largest absolute Gasteiger partial charge is 0.381 e. The van der Waals surface area contributed by atoms with Crippen molar-refractivity contribution in [1.29, 1.82) is 0 Å². The molecule has 1 aromatic heterocycles. The summed E-state index contributed by atoms with van der Waals surface area (Å²) in [5.41, 5.74) is 0.895. The molecule has 7 heteroatoms. The van der Waals surface area contributed by atoms with Gasteiger partial charge in [0.25, 0.3) is 0 Å². The van der Waals surface area contributed by atoms with Gasteiger partial charge in [-0.05, 0) is 25.8 Å². The molecule has 0 saturated carbocycles. The number of nitrogens with one attached hydrogen (secondary N) is 1. The van der Waals surface area contributed by atoms with E-state index in [9.17, 15) is 4.79 Å². The van der Waals surface area contributed by atoms with Crippen LogP contribution in [0.15, 0.2) is 12.4 Å². The Balaban J connectivity index is 0.00000220. The number of nitrogens with zero attached hydrogens (tertiary/aromatic N) is 3. The predicted molar refractivity (Wildman–Crippen MR) is 83.4 cm³/mol. The molecule has 1 amide bonds. The minimum atomic E-state index is -0.335. The third-order valence-electron chi connectivity index (χ3n) is 3.76. The van der Waals surface area contributed by atoms with Crippen LogP contribution in [-0.4, -0.2) is 54.4 Å². The lowest BCUT2D eigenvalue weighted by Crippen LogP contribution is -2.41. The van der Waals surface area contributed by atoms with Crippen molar-refractivity contribution in [3.05, 3.63) is 18.0 Å². The van der Waals surface area contributed by atoms with E-state index in [4.69, 9.17) is 4.74 Å². The monoisotopic (exact) mass is 316 g/mol. The van der Waals surface area contributed by atoms with Crippen LogP contribution in [0.5, 0.6) is 0 Å². The lowest BCUT2D eigenvalue weighted by Gasteiger charge is -2.29. The van der Waals surface area contributed by atoms with Crippen molar-refractivity contribution in [2.24, 2.45) is 13.0 Å². The predicted octanol–water partition coefficient (Wildman–Crippen LogP) is 0.987. The van der Waals surface area contributed by atoms with E-state index in [0.717, 1.165) is 38.2 Å². The minimum absolute atomic E-state index is 0. The van der Waals surface area contributed by atoms with Gasteiger partial charge in [-0.1, -0.05) is 0 Å². The molecule has 2 atom stereocenters. The molecule has 1 aliphatic heterocycles. The number of aromatic nitrogens is 2. The second-order valence-electron chi connectivity index (χ2n) is 5.47. The summed E-state index contributed by atoms with van der Waals surface area (Å²) in [4.78, 5) is 14.3. The van der Waals surface area contributed by atoms with E-state index in [0.29, 0.717) is 5.92 Å². The first-order valence-electron chi connectivity index (χ1n) is 7.10. The summed E-state index contributed by atoms with van der Waals surface area (Å²) in [6.45, 7) is 2.36. The van der Waals surface area contributed by atoms with Crippen LogP contribution >= 0.6 is 12.4 Å². The van der Waals surface area contributed by atoms with E-state index < -0.39 is 0 Å². The summed E-state index contributed by atoms with van der Waals surface area (Å²) in [5.74, 6) is 0.523. The molecule has 2 unspecified atom stereocenters. The highest BCUT2D eigenvalue weighted by atomic mass is 35.5. The number of carbonyl (C=O) groups excluding carboxylic acids is 1. The standard InChI is InChI=1S/C14H24N4O2.ClH/c1-15-13(12-7-16-18(3)9-12)14(19)17(2)8-11-5-4-6-20-10-11;/h7,9,11,13,15H,4-6,8,10H2,1-3H3;1H. The van der Waals surface area contributed by atoms with Crippen LogP contribution in [0.25, 0.3) is 0 Å². The number of halogens is 1. The summed E-state index contributed by atoms with van der Waals surface area (Å²) in [7, 11) is 5.51. The molecule has 1 saturated heterocycles. The third-order valence-corrected chi connectivity index (χ3v) is 3.76. The number of aryl methyl sites for hydroxylation is 1. The Morgan fingerprint density at radius 2 is 2.43 bits per heavy atom. The van der Waals surface area contributed by atoms with Gasteiger partial charge in [0.2, 0.25) is 5.91 Å². The molecule has 0 spiro atoms. The highest BCUT2D eigenvalue weighted by molar-refractivity contribution is 5.85. The van der Waals surface area contributed by atoms with Gasteiger partial charge in [-0.15, -0.1) is 12.4 Å². The molecule has 21 heavy (non-hydrogen) atoms. The Labute approximate surface area is 132 Å². The van der Waals surface area contributed by atoms with E-state index >= 15 is 0 Å². The molecule has 1 N–H and O–H groups in total. The van der Waals surface area contributed by atoms with Gasteiger partial charge >= 0.3 is 0 Å². The van der Waals surface area contributed by atoms with Gasteiger partial charge in [-0.2, -0.15) is 5.10 Å². The number of rotatable bonds is 5. The Bertz CT molecular complexity index is 446. The Hall–Kier alpha value is -1.11. The molecule has 0 aliphatic carbocycles. The third kappa shape index (κ3) is 4.69. The van der Waals surface area contributed by atoms with Crippen LogP contribution < -0.4 is 5.32 Å². The Morgan fingerprint density at radius 1 is 1.67 bits per heavy atom. The Morgan fingerprint density at radius 3 is 2.95 bits per heavy atom. The molecule has 1 fully saturated rings. The lowest BCUT2D eigenvalue weighted by atomic mass is 10.0. The summed E-state index contributed by atoms with van der Waals surface area (Å²) < 4.78 is 7.18. The molecule has 6 nitrogen and oxygen atoms in total. The fourth-order valence-corrected chi connectivity index (χ4v) is 2.67. The first kappa shape index (κ1) is 17.9. The van der Waals surface area contributed by atoms with Crippen molar-refractivity contribution in [1.82, 2.24) is 20.0 Å². The van der Waals surface area contributed by atoms with Crippen molar-refractivity contribution in [2.75, 3.05) is 33.9 Å². The van der Waals surface area contributed by atoms with Gasteiger partial charge in [-0.3, -0.25) is 9.48 Å². The molecule has 120 valence electrons. The van der Waals surface area contributed by atoms with Gasteiger partial charge in [-0.25, -0.2) is 0 Å². The van der Waals surface area contributed by atoms with E-state index in [2.05, 4.69) is 10.4 Å². The topological polar surface area (TPSA) is 59.4 Å². The van der Waals surface area contributed by atoms with Crippen LogP contribution in [0.2, 0.25) is 0 Å². The summed E-state index contributed by atoms with van der Waals surface area (Å²) in [5, 5.41) is 7.20. The molecular formula is C14H25ClN4O2. The van der Waals surface area contributed by atoms with Crippen LogP contribution in [-0.2, 0) is 16.6 Å². The molecule has 0 aromatic carbocycles. The normalized spacial score (nSPS) is 19.7. The van der Waals surface area contributed by atoms with Crippen molar-refractivity contribution >= 4 is 18.3 Å². The van der Waals surface area contributed by atoms with Crippen LogP contribution in [0, 0.1) is 5.92 Å². The van der Waals surface area contributed by atoms with Gasteiger partial charge in [0.15, 0.2) is 0 Å². The zero-order valence-corrected chi connectivity index (χ0v) is 13.7. The van der Waals surface area contributed by atoms with Gasteiger partial charge in [0, 0.05) is 39.0 Å². The highest BCUT2D eigenvalue weighted by Crippen LogP contribution is 2.18. The smallest absolute Gasteiger partial charge is 0.244 e. The molecule has 1 aliphatic rings. The first-order chi connectivity index (χ1) is 9.61. The number of carbonyl (C=O) groups is 1. The zero-order valence-electron chi connectivity index (χ0n) is 12.9. The van der Waals surface area contributed by atoms with E-state index in [1.807, 2.05) is 20.3 Å². The fourth-order valence-electron chi connectivity index (χ4n) is 2.67. The van der Waals surface area contributed by atoms with E-state index in [-0.39, 0.29) is 24.4 Å². The molecule has 2 rings (SSSR count). The maximum absolute atomic E-state index is 12.5. The average molecular weight is 317 g/mol. The first-order valence-corrected chi connectivity index (χ1v) is 7.10. The summed E-state index contributed by atoms with van der Waals surface area (Å²) >= 11 is 0. The van der Waals surface area contributed by atoms with E-state index in [1.165, 1.54) is 0 Å². The van der Waals surface area contributed by atoms with Crippen molar-refractivity contribution in [3.63, 3.8) is 0 Å². The molecular weight excluding hydrogens is 292 g/mol. The quantitative estimate of drug-likeness (QED) is 0.880. The van der Waals surface area contributed by atoms with Gasteiger partial charge in [0.05, 0.1) is 12.8 Å². The molecule has 0 bridgehead atoms. The van der Waals surface area contributed by atoms with Gasteiger partial charge in [0.1, 0.15) is 6.04 Å². The maximum atomic E-state index is 12.5. The van der Waals surface area contributed by atoms with Crippen LogP contribution in [0.4, 0.5) is 0 Å². The van der Waals surface area contributed by atoms with Crippen LogP contribution in [0.1, 0.15) is 24.4 Å². The Kier molecular flexibility index (Phi) is 7.14. The van der Waals surface area contributed by atoms with Crippen molar-refractivity contribution in [3.8, 4) is 0 Å². The number of likely N-dealkylation sites (N-methyl/N-ethyl adjacent to an activating group) is 2. The number of hydrogen-bond acceptors (Lipinski definition) is 4. The number of hydrogen-bond donors (Lipinski definition) is 1. The molecule has 2 heterocycles. The lowest BCUT2D eigenvalue weighted by molar-refractivity contribution is -0.133. The zero-order chi connectivity index (χ0) is 14.5. The molecule has 1 aromatic rings. The summed E-state index contributed by atoms with van der Waals surface area (Å²) in [6, 6.07) is -0.335. The second kappa shape index (κ2) is 8.36. The van der Waals surface area contributed by atoms with Gasteiger partial charge < -0.3 is 15.0 Å². The minimum Gasteiger partial charge on any atom is -0.381 e. The molecule has 0 radical (unpaired) electrons. The average Bonchev–Trinajstić information content (AvgIpc) is 2.87. The number of ether oxygens (including phenoxy) is 1. The van der Waals surface area contributed by atoms with E-state index in [1.54, 1.807) is 22.8 Å². The van der Waals surface area contributed by atoms with Crippen LogP contribution in [0.3, 0.4) is 0 Å². The highest BCUT2D eigenvalue weighted by Gasteiger charge is 2.25. The second-order valence-corrected chi connectivity index (χ2v) is 5.47. The van der Waals surface area contributed by atoms with Crippen molar-refractivity contribution in [2.45, 2.75) is 18.9 Å². The van der Waals surface area contributed by atoms with Crippen molar-refractivity contribution < 1.29 is 9.53 Å². The summed E-state index contributed by atoms with van der Waals surface area (Å²) in [6.07, 6.45) is 5.83. The SMILES string of the molecule is CNC(C(=O)N(C)CC1CCCOC1)c1cnn(C)c1.Cl. The maximum Gasteiger partial charge on any atom is 0.244 e.